The zero-order chi connectivity index (χ0) is 14.6. The van der Waals surface area contributed by atoms with Gasteiger partial charge in [-0.2, -0.15) is 0 Å². The molecule has 0 unspecified atom stereocenters. The Hall–Kier alpha value is -2.19. The molecule has 0 aliphatic carbocycles. The molecule has 0 spiro atoms. The maximum Gasteiger partial charge on any atom is 0.339 e. The summed E-state index contributed by atoms with van der Waals surface area (Å²) in [5.74, 6) is -0.715. The Labute approximate surface area is 115 Å². The van der Waals surface area contributed by atoms with E-state index in [2.05, 4.69) is 19.1 Å². The largest absolute Gasteiger partial charge is 0.465 e. The smallest absolute Gasteiger partial charge is 0.339 e. The highest BCUT2D eigenvalue weighted by molar-refractivity contribution is 7.89. The van der Waals surface area contributed by atoms with Crippen molar-refractivity contribution in [2.45, 2.75) is 11.4 Å². The Morgan fingerprint density at radius 2 is 2.10 bits per heavy atom. The molecule has 1 aromatic heterocycles. The van der Waals surface area contributed by atoms with Crippen molar-refractivity contribution in [3.8, 4) is 0 Å². The maximum absolute atomic E-state index is 12.2. The molecule has 2 rings (SSSR count). The van der Waals surface area contributed by atoms with Crippen molar-refractivity contribution in [1.82, 2.24) is 9.88 Å². The highest BCUT2D eigenvalue weighted by Crippen LogP contribution is 2.16. The van der Waals surface area contributed by atoms with Crippen LogP contribution < -0.4 is 4.72 Å². The maximum atomic E-state index is 12.2. The molecule has 106 valence electrons. The number of ether oxygens (including phenoxy) is 1. The molecule has 20 heavy (non-hydrogen) atoms. The number of hydrogen-bond donors (Lipinski definition) is 1. The first-order valence-corrected chi connectivity index (χ1v) is 7.09. The van der Waals surface area contributed by atoms with Crippen LogP contribution in [0.25, 0.3) is 0 Å². The fourth-order valence-electron chi connectivity index (χ4n) is 1.55. The van der Waals surface area contributed by atoms with Crippen molar-refractivity contribution in [2.24, 2.45) is 0 Å². The lowest BCUT2D eigenvalue weighted by Crippen LogP contribution is -2.25. The zero-order valence-corrected chi connectivity index (χ0v) is 11.4. The van der Waals surface area contributed by atoms with Crippen LogP contribution in [0, 0.1) is 0 Å². The average Bonchev–Trinajstić information content (AvgIpc) is 2.98. The fraction of sp³-hybridized carbons (Fsp3) is 0.167. The SMILES string of the molecule is COC(=O)c1ccccc1S(=O)(=O)NCc1ccon1. The van der Waals surface area contributed by atoms with Crippen molar-refractivity contribution in [3.63, 3.8) is 0 Å². The van der Waals surface area contributed by atoms with Crippen molar-refractivity contribution >= 4 is 16.0 Å². The quantitative estimate of drug-likeness (QED) is 0.824. The molecule has 0 saturated heterocycles. The van der Waals surface area contributed by atoms with Gasteiger partial charge in [-0.1, -0.05) is 17.3 Å². The first kappa shape index (κ1) is 14.2. The molecular formula is C12H12N2O5S. The van der Waals surface area contributed by atoms with Crippen molar-refractivity contribution in [2.75, 3.05) is 7.11 Å². The minimum atomic E-state index is -3.85. The van der Waals surface area contributed by atoms with E-state index in [1.54, 1.807) is 6.07 Å². The standard InChI is InChI=1S/C12H12N2O5S/c1-18-12(15)10-4-2-3-5-11(10)20(16,17)13-8-9-6-7-19-14-9/h2-7,13H,8H2,1H3. The summed E-state index contributed by atoms with van der Waals surface area (Å²) >= 11 is 0. The van der Waals surface area contributed by atoms with Crippen LogP contribution in [0.2, 0.25) is 0 Å². The van der Waals surface area contributed by atoms with Gasteiger partial charge in [-0.25, -0.2) is 17.9 Å². The predicted molar refractivity (Wildman–Crippen MR) is 68.3 cm³/mol. The highest BCUT2D eigenvalue weighted by Gasteiger charge is 2.22. The molecule has 0 aliphatic heterocycles. The number of rotatable bonds is 5. The van der Waals surface area contributed by atoms with Gasteiger partial charge in [0.25, 0.3) is 0 Å². The van der Waals surface area contributed by atoms with Crippen LogP contribution in [-0.4, -0.2) is 26.7 Å². The molecular weight excluding hydrogens is 284 g/mol. The second-order valence-electron chi connectivity index (χ2n) is 3.80. The van der Waals surface area contributed by atoms with E-state index in [4.69, 9.17) is 0 Å². The van der Waals surface area contributed by atoms with Crippen LogP contribution in [0.4, 0.5) is 0 Å². The van der Waals surface area contributed by atoms with Crippen LogP contribution in [0.5, 0.6) is 0 Å². The monoisotopic (exact) mass is 296 g/mol. The van der Waals surface area contributed by atoms with Gasteiger partial charge in [0.15, 0.2) is 0 Å². The van der Waals surface area contributed by atoms with Crippen LogP contribution in [0.3, 0.4) is 0 Å². The van der Waals surface area contributed by atoms with Crippen LogP contribution in [0.15, 0.2) is 46.0 Å². The number of esters is 1. The summed E-state index contributed by atoms with van der Waals surface area (Å²) in [6.45, 7) is -0.0334. The molecule has 0 aliphatic rings. The Balaban J connectivity index is 2.27. The van der Waals surface area contributed by atoms with Crippen molar-refractivity contribution in [3.05, 3.63) is 47.9 Å². The molecule has 1 heterocycles. The second kappa shape index (κ2) is 5.85. The highest BCUT2D eigenvalue weighted by atomic mass is 32.2. The molecule has 2 aromatic rings. The number of sulfonamides is 1. The Kier molecular flexibility index (Phi) is 4.16. The summed E-state index contributed by atoms with van der Waals surface area (Å²) in [6, 6.07) is 7.34. The van der Waals surface area contributed by atoms with Crippen LogP contribution in [-0.2, 0) is 21.3 Å². The van der Waals surface area contributed by atoms with Crippen molar-refractivity contribution in [1.29, 1.82) is 0 Å². The zero-order valence-electron chi connectivity index (χ0n) is 10.6. The third kappa shape index (κ3) is 3.03. The van der Waals surface area contributed by atoms with Gasteiger partial charge in [0.1, 0.15) is 6.26 Å². The molecule has 0 saturated carbocycles. The number of hydrogen-bond acceptors (Lipinski definition) is 6. The lowest BCUT2D eigenvalue weighted by atomic mass is 10.2. The molecule has 8 heteroatoms. The molecule has 1 N–H and O–H groups in total. The fourth-order valence-corrected chi connectivity index (χ4v) is 2.75. The molecule has 0 amide bonds. The molecule has 0 radical (unpaired) electrons. The number of carbonyl (C=O) groups excluding carboxylic acids is 1. The van der Waals surface area contributed by atoms with Gasteiger partial charge in [0, 0.05) is 6.07 Å². The molecule has 1 aromatic carbocycles. The predicted octanol–water partition coefficient (Wildman–Crippen LogP) is 0.940. The van der Waals surface area contributed by atoms with E-state index >= 15 is 0 Å². The van der Waals surface area contributed by atoms with E-state index in [1.807, 2.05) is 0 Å². The number of carbonyl (C=O) groups is 1. The van der Waals surface area contributed by atoms with E-state index in [0.717, 1.165) is 0 Å². The number of aromatic nitrogens is 1. The minimum Gasteiger partial charge on any atom is -0.465 e. The summed E-state index contributed by atoms with van der Waals surface area (Å²) < 4.78 is 35.9. The van der Waals surface area contributed by atoms with E-state index < -0.39 is 16.0 Å². The Morgan fingerprint density at radius 3 is 2.75 bits per heavy atom. The van der Waals surface area contributed by atoms with Gasteiger partial charge in [-0.3, -0.25) is 0 Å². The van der Waals surface area contributed by atoms with E-state index in [-0.39, 0.29) is 17.0 Å². The second-order valence-corrected chi connectivity index (χ2v) is 5.54. The van der Waals surface area contributed by atoms with Crippen LogP contribution >= 0.6 is 0 Å². The molecule has 0 fully saturated rings. The topological polar surface area (TPSA) is 98.5 Å². The first-order chi connectivity index (χ1) is 9.54. The lowest BCUT2D eigenvalue weighted by molar-refractivity contribution is 0.0596. The third-order valence-corrected chi connectivity index (χ3v) is 3.98. The number of nitrogens with one attached hydrogen (secondary N) is 1. The molecule has 0 bridgehead atoms. The van der Waals surface area contributed by atoms with Gasteiger partial charge >= 0.3 is 5.97 Å². The number of benzene rings is 1. The van der Waals surface area contributed by atoms with Crippen LogP contribution in [0.1, 0.15) is 16.1 Å². The summed E-state index contributed by atoms with van der Waals surface area (Å²) in [7, 11) is -2.67. The lowest BCUT2D eigenvalue weighted by Gasteiger charge is -2.09. The average molecular weight is 296 g/mol. The van der Waals surface area contributed by atoms with Gasteiger partial charge in [0.2, 0.25) is 10.0 Å². The third-order valence-electron chi connectivity index (χ3n) is 2.52. The Morgan fingerprint density at radius 1 is 1.35 bits per heavy atom. The summed E-state index contributed by atoms with van der Waals surface area (Å²) in [6.07, 6.45) is 1.34. The molecule has 0 atom stereocenters. The van der Waals surface area contributed by atoms with Crippen molar-refractivity contribution < 1.29 is 22.5 Å². The number of methoxy groups -OCH3 is 1. The molecule has 7 nitrogen and oxygen atoms in total. The first-order valence-electron chi connectivity index (χ1n) is 5.61. The van der Waals surface area contributed by atoms with Gasteiger partial charge in [-0.05, 0) is 12.1 Å². The normalized spacial score (nSPS) is 11.2. The summed E-state index contributed by atoms with van der Waals surface area (Å²) in [4.78, 5) is 11.4. The summed E-state index contributed by atoms with van der Waals surface area (Å²) in [5, 5.41) is 3.59. The van der Waals surface area contributed by atoms with Gasteiger partial charge < -0.3 is 9.26 Å². The van der Waals surface area contributed by atoms with E-state index in [1.165, 1.54) is 37.6 Å². The van der Waals surface area contributed by atoms with E-state index in [9.17, 15) is 13.2 Å². The summed E-state index contributed by atoms with van der Waals surface area (Å²) in [5.41, 5.74) is 0.409. The minimum absolute atomic E-state index is 0.0253. The Bertz CT molecular complexity index is 694. The van der Waals surface area contributed by atoms with Gasteiger partial charge in [-0.15, -0.1) is 0 Å². The van der Waals surface area contributed by atoms with Gasteiger partial charge in [0.05, 0.1) is 29.8 Å². The van der Waals surface area contributed by atoms with E-state index in [0.29, 0.717) is 5.69 Å². The number of nitrogens with zero attached hydrogens (tertiary/aromatic N) is 1.